The van der Waals surface area contributed by atoms with E-state index in [4.69, 9.17) is 10.9 Å². The van der Waals surface area contributed by atoms with Gasteiger partial charge in [0.1, 0.15) is 11.6 Å². The van der Waals surface area contributed by atoms with Crippen LogP contribution >= 0.6 is 0 Å². The summed E-state index contributed by atoms with van der Waals surface area (Å²) in [6, 6.07) is 3.06. The van der Waals surface area contributed by atoms with Gasteiger partial charge in [0.2, 0.25) is 5.91 Å². The van der Waals surface area contributed by atoms with Gasteiger partial charge in [-0.2, -0.15) is 0 Å². The Labute approximate surface area is 102 Å². The minimum absolute atomic E-state index is 0.103. The lowest BCUT2D eigenvalue weighted by molar-refractivity contribution is -0.122. The van der Waals surface area contributed by atoms with Crippen LogP contribution in [0.15, 0.2) is 23.4 Å². The Bertz CT molecular complexity index is 477. The van der Waals surface area contributed by atoms with Gasteiger partial charge in [-0.3, -0.25) is 4.79 Å². The summed E-state index contributed by atoms with van der Waals surface area (Å²) in [7, 11) is 0. The van der Waals surface area contributed by atoms with Crippen molar-refractivity contribution in [3.63, 3.8) is 0 Å². The summed E-state index contributed by atoms with van der Waals surface area (Å²) in [6.07, 6.45) is 0. The number of carbonyl (C=O) groups excluding carboxylic acids is 1. The number of hydrogen-bond acceptors (Lipinski definition) is 3. The molecular weight excluding hydrogens is 244 g/mol. The molecule has 0 saturated carbocycles. The third-order valence-corrected chi connectivity index (χ3v) is 2.42. The number of nitrogens with one attached hydrogen (secondary N) is 1. The van der Waals surface area contributed by atoms with Gasteiger partial charge < -0.3 is 16.3 Å². The number of amides is 1. The van der Waals surface area contributed by atoms with Crippen LogP contribution in [0.3, 0.4) is 0 Å². The highest BCUT2D eigenvalue weighted by Crippen LogP contribution is 2.09. The number of amidine groups is 1. The average Bonchev–Trinajstić information content (AvgIpc) is 2.35. The van der Waals surface area contributed by atoms with Crippen molar-refractivity contribution >= 4 is 11.7 Å². The summed E-state index contributed by atoms with van der Waals surface area (Å²) in [5.41, 5.74) is 5.40. The van der Waals surface area contributed by atoms with Crippen LogP contribution in [0, 0.1) is 17.6 Å². The van der Waals surface area contributed by atoms with Crippen molar-refractivity contribution in [1.82, 2.24) is 5.32 Å². The second kappa shape index (κ2) is 5.95. The fourth-order valence-electron chi connectivity index (χ4n) is 1.22. The van der Waals surface area contributed by atoms with Gasteiger partial charge in [0.15, 0.2) is 5.84 Å². The molecule has 18 heavy (non-hydrogen) atoms. The van der Waals surface area contributed by atoms with Crippen molar-refractivity contribution in [3.05, 3.63) is 35.4 Å². The summed E-state index contributed by atoms with van der Waals surface area (Å²) in [5.74, 6) is -3.03. The minimum Gasteiger partial charge on any atom is -0.409 e. The van der Waals surface area contributed by atoms with E-state index in [1.54, 1.807) is 0 Å². The van der Waals surface area contributed by atoms with Crippen LogP contribution < -0.4 is 11.1 Å². The maximum Gasteiger partial charge on any atom is 0.230 e. The van der Waals surface area contributed by atoms with E-state index in [2.05, 4.69) is 10.5 Å². The van der Waals surface area contributed by atoms with Gasteiger partial charge in [-0.1, -0.05) is 11.2 Å². The summed E-state index contributed by atoms with van der Waals surface area (Å²) in [4.78, 5) is 11.5. The van der Waals surface area contributed by atoms with Gasteiger partial charge in [-0.05, 0) is 13.0 Å². The predicted octanol–water partition coefficient (Wildman–Crippen LogP) is 0.964. The van der Waals surface area contributed by atoms with Gasteiger partial charge in [-0.25, -0.2) is 8.78 Å². The lowest BCUT2D eigenvalue weighted by Crippen LogP contribution is -2.36. The normalized spacial score (nSPS) is 13.2. The molecule has 0 saturated heterocycles. The highest BCUT2D eigenvalue weighted by Gasteiger charge is 2.17. The van der Waals surface area contributed by atoms with Crippen LogP contribution in [0.4, 0.5) is 8.78 Å². The first-order valence-corrected chi connectivity index (χ1v) is 5.14. The third-order valence-electron chi connectivity index (χ3n) is 2.42. The van der Waals surface area contributed by atoms with E-state index in [0.717, 1.165) is 12.1 Å². The summed E-state index contributed by atoms with van der Waals surface area (Å²) >= 11 is 0. The van der Waals surface area contributed by atoms with E-state index in [1.807, 2.05) is 0 Å². The topological polar surface area (TPSA) is 87.7 Å². The Morgan fingerprint density at radius 1 is 1.56 bits per heavy atom. The SMILES string of the molecule is CC(C(=O)NCc1ccc(F)cc1F)C(N)=NO. The standard InChI is InChI=1S/C11H13F2N3O2/c1-6(10(14)16-18)11(17)15-5-7-2-3-8(12)4-9(7)13/h2-4,6,18H,5H2,1H3,(H2,14,16)(H,15,17). The zero-order chi connectivity index (χ0) is 13.7. The number of halogens is 2. The molecule has 0 radical (unpaired) electrons. The van der Waals surface area contributed by atoms with Crippen molar-refractivity contribution in [2.75, 3.05) is 0 Å². The molecule has 0 bridgehead atoms. The molecule has 1 rings (SSSR count). The number of oxime groups is 1. The van der Waals surface area contributed by atoms with Crippen LogP contribution in [-0.2, 0) is 11.3 Å². The Kier molecular flexibility index (Phi) is 4.59. The molecule has 0 spiro atoms. The molecule has 1 atom stereocenters. The zero-order valence-corrected chi connectivity index (χ0v) is 9.65. The Balaban J connectivity index is 2.63. The second-order valence-corrected chi connectivity index (χ2v) is 3.70. The van der Waals surface area contributed by atoms with E-state index < -0.39 is 23.5 Å². The van der Waals surface area contributed by atoms with E-state index in [9.17, 15) is 13.6 Å². The molecule has 0 aromatic heterocycles. The quantitative estimate of drug-likeness (QED) is 0.325. The molecule has 5 nitrogen and oxygen atoms in total. The first-order chi connectivity index (χ1) is 8.45. The summed E-state index contributed by atoms with van der Waals surface area (Å²) in [6.45, 7) is 1.33. The van der Waals surface area contributed by atoms with Crippen LogP contribution in [0.5, 0.6) is 0 Å². The third kappa shape index (κ3) is 3.41. The van der Waals surface area contributed by atoms with E-state index >= 15 is 0 Å². The number of hydrogen-bond donors (Lipinski definition) is 3. The Hall–Kier alpha value is -2.18. The van der Waals surface area contributed by atoms with Crippen LogP contribution in [-0.4, -0.2) is 17.0 Å². The first kappa shape index (κ1) is 13.9. The molecule has 1 unspecified atom stereocenters. The van der Waals surface area contributed by atoms with Gasteiger partial charge in [0, 0.05) is 18.2 Å². The smallest absolute Gasteiger partial charge is 0.230 e. The molecule has 0 aliphatic carbocycles. The van der Waals surface area contributed by atoms with Crippen molar-refractivity contribution in [1.29, 1.82) is 0 Å². The van der Waals surface area contributed by atoms with Gasteiger partial charge >= 0.3 is 0 Å². The molecule has 1 amide bonds. The maximum absolute atomic E-state index is 13.2. The molecule has 7 heteroatoms. The average molecular weight is 257 g/mol. The van der Waals surface area contributed by atoms with Gasteiger partial charge in [0.05, 0.1) is 5.92 Å². The maximum atomic E-state index is 13.2. The fraction of sp³-hybridized carbons (Fsp3) is 0.273. The lowest BCUT2D eigenvalue weighted by atomic mass is 10.1. The highest BCUT2D eigenvalue weighted by atomic mass is 19.1. The Morgan fingerprint density at radius 3 is 2.78 bits per heavy atom. The zero-order valence-electron chi connectivity index (χ0n) is 9.65. The molecular formula is C11H13F2N3O2. The number of carbonyl (C=O) groups is 1. The molecule has 0 aliphatic rings. The molecule has 0 aliphatic heterocycles. The van der Waals surface area contributed by atoms with Crippen molar-refractivity contribution in [3.8, 4) is 0 Å². The van der Waals surface area contributed by atoms with E-state index in [-0.39, 0.29) is 17.9 Å². The Morgan fingerprint density at radius 2 is 2.22 bits per heavy atom. The molecule has 0 fully saturated rings. The van der Waals surface area contributed by atoms with Gasteiger partial charge in [0.25, 0.3) is 0 Å². The van der Waals surface area contributed by atoms with Crippen molar-refractivity contribution < 1.29 is 18.8 Å². The van der Waals surface area contributed by atoms with E-state index in [1.165, 1.54) is 13.0 Å². The number of nitrogens with two attached hydrogens (primary N) is 1. The summed E-state index contributed by atoms with van der Waals surface area (Å²) < 4.78 is 25.9. The monoisotopic (exact) mass is 257 g/mol. The van der Waals surface area contributed by atoms with Crippen molar-refractivity contribution in [2.24, 2.45) is 16.8 Å². The molecule has 0 heterocycles. The first-order valence-electron chi connectivity index (χ1n) is 5.14. The molecule has 1 aromatic rings. The van der Waals surface area contributed by atoms with Crippen LogP contribution in [0.1, 0.15) is 12.5 Å². The summed E-state index contributed by atoms with van der Waals surface area (Å²) in [5, 5.41) is 13.5. The van der Waals surface area contributed by atoms with Crippen molar-refractivity contribution in [2.45, 2.75) is 13.5 Å². The molecule has 4 N–H and O–H groups in total. The number of nitrogens with zero attached hydrogens (tertiary/aromatic N) is 1. The highest BCUT2D eigenvalue weighted by molar-refractivity contribution is 6.01. The lowest BCUT2D eigenvalue weighted by Gasteiger charge is -2.11. The fourth-order valence-corrected chi connectivity index (χ4v) is 1.22. The number of benzene rings is 1. The predicted molar refractivity (Wildman–Crippen MR) is 60.8 cm³/mol. The van der Waals surface area contributed by atoms with Gasteiger partial charge in [-0.15, -0.1) is 0 Å². The molecule has 1 aromatic carbocycles. The largest absolute Gasteiger partial charge is 0.409 e. The number of rotatable bonds is 4. The molecule has 98 valence electrons. The van der Waals surface area contributed by atoms with Crippen LogP contribution in [0.2, 0.25) is 0 Å². The second-order valence-electron chi connectivity index (χ2n) is 3.70. The minimum atomic E-state index is -0.835. The van der Waals surface area contributed by atoms with E-state index in [0.29, 0.717) is 0 Å². The van der Waals surface area contributed by atoms with Crippen LogP contribution in [0.25, 0.3) is 0 Å².